The van der Waals surface area contributed by atoms with E-state index in [0.717, 1.165) is 12.8 Å². The summed E-state index contributed by atoms with van der Waals surface area (Å²) in [5.41, 5.74) is 6.37. The van der Waals surface area contributed by atoms with Crippen LogP contribution in [-0.4, -0.2) is 34.3 Å². The van der Waals surface area contributed by atoms with E-state index >= 15 is 0 Å². The Kier molecular flexibility index (Phi) is 3.79. The molecule has 2 heterocycles. The molecule has 2 bridgehead atoms. The molecule has 2 unspecified atom stereocenters. The Bertz CT molecular complexity index is 582. The van der Waals surface area contributed by atoms with Crippen molar-refractivity contribution in [3.8, 4) is 0 Å². The lowest BCUT2D eigenvalue weighted by Crippen LogP contribution is -2.45. The van der Waals surface area contributed by atoms with E-state index in [0.29, 0.717) is 24.1 Å². The van der Waals surface area contributed by atoms with Crippen LogP contribution in [0.3, 0.4) is 0 Å². The van der Waals surface area contributed by atoms with Crippen molar-refractivity contribution in [2.75, 3.05) is 4.90 Å². The highest BCUT2D eigenvalue weighted by Gasteiger charge is 2.41. The highest BCUT2D eigenvalue weighted by Crippen LogP contribution is 2.42. The predicted molar refractivity (Wildman–Crippen MR) is 81.1 cm³/mol. The summed E-state index contributed by atoms with van der Waals surface area (Å²) in [6, 6.07) is 3.66. The van der Waals surface area contributed by atoms with E-state index in [4.69, 9.17) is 10.9 Å². The van der Waals surface area contributed by atoms with Crippen LogP contribution in [0.4, 0.5) is 10.1 Å². The zero-order valence-electron chi connectivity index (χ0n) is 11.3. The van der Waals surface area contributed by atoms with Gasteiger partial charge in [0.15, 0.2) is 11.7 Å². The van der Waals surface area contributed by atoms with Crippen LogP contribution in [0.15, 0.2) is 21.8 Å². The summed E-state index contributed by atoms with van der Waals surface area (Å²) in [5.74, 6) is -0.545. The third-order valence-corrected chi connectivity index (χ3v) is 5.21. The van der Waals surface area contributed by atoms with Crippen molar-refractivity contribution < 1.29 is 14.7 Å². The molecule has 1 aromatic carbocycles. The summed E-state index contributed by atoms with van der Waals surface area (Å²) in [6.45, 7) is 0. The van der Waals surface area contributed by atoms with E-state index in [9.17, 15) is 9.50 Å². The first kappa shape index (κ1) is 14.6. The van der Waals surface area contributed by atoms with Crippen molar-refractivity contribution >= 4 is 27.5 Å². The topological polar surface area (TPSA) is 82.1 Å². The summed E-state index contributed by atoms with van der Waals surface area (Å²) in [7, 11) is 0. The predicted octanol–water partition coefficient (Wildman–Crippen LogP) is 2.17. The van der Waals surface area contributed by atoms with Gasteiger partial charge in [0.2, 0.25) is 0 Å². The quantitative estimate of drug-likeness (QED) is 0.328. The SMILES string of the molecule is N/C(=N/O)c1ccc(N2C3CCC2CC(O)C3)c(F)c1Br. The summed E-state index contributed by atoms with van der Waals surface area (Å²) in [6.07, 6.45) is 3.01. The molecule has 2 aliphatic heterocycles. The van der Waals surface area contributed by atoms with Crippen molar-refractivity contribution in [2.24, 2.45) is 10.9 Å². The Morgan fingerprint density at radius 3 is 2.52 bits per heavy atom. The molecule has 2 aliphatic rings. The second-order valence-electron chi connectivity index (χ2n) is 5.66. The Balaban J connectivity index is 1.99. The highest BCUT2D eigenvalue weighted by atomic mass is 79.9. The van der Waals surface area contributed by atoms with Crippen LogP contribution < -0.4 is 10.6 Å². The summed E-state index contributed by atoms with van der Waals surface area (Å²) in [4.78, 5) is 2.07. The Morgan fingerprint density at radius 2 is 1.95 bits per heavy atom. The number of benzene rings is 1. The molecular weight excluding hydrogens is 341 g/mol. The number of aliphatic hydroxyl groups excluding tert-OH is 1. The normalized spacial score (nSPS) is 29.0. The first-order chi connectivity index (χ1) is 10.0. The summed E-state index contributed by atoms with van der Waals surface area (Å²) in [5, 5.41) is 21.5. The van der Waals surface area contributed by atoms with Crippen LogP contribution in [0.5, 0.6) is 0 Å². The van der Waals surface area contributed by atoms with Gasteiger partial charge in [-0.05, 0) is 53.7 Å². The number of amidine groups is 1. The van der Waals surface area contributed by atoms with Gasteiger partial charge in [0.05, 0.1) is 16.3 Å². The van der Waals surface area contributed by atoms with E-state index in [-0.39, 0.29) is 28.5 Å². The number of anilines is 1. The number of rotatable bonds is 2. The number of hydrogen-bond donors (Lipinski definition) is 3. The molecule has 4 N–H and O–H groups in total. The van der Waals surface area contributed by atoms with Gasteiger partial charge in [0.1, 0.15) is 0 Å². The average molecular weight is 358 g/mol. The lowest BCUT2D eigenvalue weighted by molar-refractivity contribution is 0.126. The molecule has 0 aromatic heterocycles. The molecule has 114 valence electrons. The molecule has 0 saturated carbocycles. The smallest absolute Gasteiger partial charge is 0.171 e. The molecular formula is C14H17BrFN3O2. The average Bonchev–Trinajstić information content (AvgIpc) is 2.73. The second-order valence-corrected chi connectivity index (χ2v) is 6.46. The van der Waals surface area contributed by atoms with Gasteiger partial charge in [-0.2, -0.15) is 0 Å². The molecule has 0 spiro atoms. The molecule has 5 nitrogen and oxygen atoms in total. The molecule has 7 heteroatoms. The van der Waals surface area contributed by atoms with Crippen molar-refractivity contribution in [3.63, 3.8) is 0 Å². The van der Waals surface area contributed by atoms with Gasteiger partial charge in [0, 0.05) is 17.6 Å². The molecule has 3 rings (SSSR count). The first-order valence-electron chi connectivity index (χ1n) is 6.95. The van der Waals surface area contributed by atoms with Crippen molar-refractivity contribution in [3.05, 3.63) is 28.0 Å². The Hall–Kier alpha value is -1.34. The maximum atomic E-state index is 14.7. The monoisotopic (exact) mass is 357 g/mol. The number of halogens is 2. The van der Waals surface area contributed by atoms with E-state index in [2.05, 4.69) is 26.0 Å². The standard InChI is InChI=1S/C14H17BrFN3O2/c15-12-10(14(17)18-21)3-4-11(13(12)16)19-7-1-2-8(19)6-9(20)5-7/h3-4,7-9,20-21H,1-2,5-6H2,(H2,17,18). The van der Waals surface area contributed by atoms with E-state index in [1.165, 1.54) is 0 Å². The number of oxime groups is 1. The van der Waals surface area contributed by atoms with Gasteiger partial charge in [-0.15, -0.1) is 0 Å². The van der Waals surface area contributed by atoms with E-state index < -0.39 is 5.82 Å². The maximum Gasteiger partial charge on any atom is 0.171 e. The fourth-order valence-corrected chi connectivity index (χ4v) is 4.07. The number of hydrogen-bond acceptors (Lipinski definition) is 4. The van der Waals surface area contributed by atoms with Crippen molar-refractivity contribution in [1.29, 1.82) is 0 Å². The van der Waals surface area contributed by atoms with Crippen molar-refractivity contribution in [2.45, 2.75) is 43.9 Å². The Labute approximate surface area is 130 Å². The van der Waals surface area contributed by atoms with E-state index in [1.807, 2.05) is 0 Å². The largest absolute Gasteiger partial charge is 0.409 e. The molecule has 1 aromatic rings. The third kappa shape index (κ3) is 2.38. The summed E-state index contributed by atoms with van der Waals surface area (Å²) >= 11 is 3.19. The number of nitrogens with zero attached hydrogens (tertiary/aromatic N) is 2. The van der Waals surface area contributed by atoms with E-state index in [1.54, 1.807) is 12.1 Å². The van der Waals surface area contributed by atoms with Crippen molar-refractivity contribution in [1.82, 2.24) is 0 Å². The fraction of sp³-hybridized carbons (Fsp3) is 0.500. The minimum atomic E-state index is -0.410. The lowest BCUT2D eigenvalue weighted by Gasteiger charge is -2.39. The van der Waals surface area contributed by atoms with Gasteiger partial charge in [-0.1, -0.05) is 5.16 Å². The zero-order chi connectivity index (χ0) is 15.1. The summed E-state index contributed by atoms with van der Waals surface area (Å²) < 4.78 is 14.9. The highest BCUT2D eigenvalue weighted by molar-refractivity contribution is 9.10. The van der Waals surface area contributed by atoms with Crippen LogP contribution in [0.2, 0.25) is 0 Å². The van der Waals surface area contributed by atoms with Gasteiger partial charge >= 0.3 is 0 Å². The van der Waals surface area contributed by atoms with Gasteiger partial charge in [-0.3, -0.25) is 0 Å². The zero-order valence-corrected chi connectivity index (χ0v) is 12.9. The Morgan fingerprint density at radius 1 is 1.33 bits per heavy atom. The fourth-order valence-electron chi connectivity index (χ4n) is 3.53. The van der Waals surface area contributed by atoms with Crippen LogP contribution in [0.25, 0.3) is 0 Å². The van der Waals surface area contributed by atoms with Crippen LogP contribution in [0.1, 0.15) is 31.2 Å². The minimum Gasteiger partial charge on any atom is -0.409 e. The molecule has 0 radical (unpaired) electrons. The third-order valence-electron chi connectivity index (χ3n) is 4.43. The molecule has 0 amide bonds. The molecule has 2 saturated heterocycles. The second kappa shape index (κ2) is 5.46. The molecule has 2 fully saturated rings. The van der Waals surface area contributed by atoms with Gasteiger partial charge in [0.25, 0.3) is 0 Å². The van der Waals surface area contributed by atoms with Gasteiger partial charge in [-0.25, -0.2) is 4.39 Å². The number of piperidine rings is 1. The van der Waals surface area contributed by atoms with Crippen LogP contribution >= 0.6 is 15.9 Å². The maximum absolute atomic E-state index is 14.7. The number of aliphatic hydroxyl groups is 1. The van der Waals surface area contributed by atoms with Gasteiger partial charge < -0.3 is 20.9 Å². The molecule has 0 aliphatic carbocycles. The number of nitrogens with two attached hydrogens (primary N) is 1. The first-order valence-corrected chi connectivity index (χ1v) is 7.74. The van der Waals surface area contributed by atoms with Crippen LogP contribution in [0, 0.1) is 5.82 Å². The molecule has 2 atom stereocenters. The number of fused-ring (bicyclic) bond motifs is 2. The minimum absolute atomic E-state index is 0.135. The lowest BCUT2D eigenvalue weighted by atomic mass is 9.98. The van der Waals surface area contributed by atoms with Crippen LogP contribution in [-0.2, 0) is 0 Å². The molecule has 21 heavy (non-hydrogen) atoms.